The van der Waals surface area contributed by atoms with Gasteiger partial charge in [0.1, 0.15) is 5.82 Å². The molecule has 1 aromatic heterocycles. The van der Waals surface area contributed by atoms with Crippen LogP contribution in [0.2, 0.25) is 0 Å². The standard InChI is InChI=1S/C14H14BrFN2OS/c1-18(7-10-6-13(15)20-9-10)8-14(19)17-12-4-2-11(16)3-5-12/h2-6,9H,7-8H2,1H3,(H,17,19). The van der Waals surface area contributed by atoms with Crippen molar-refractivity contribution in [2.45, 2.75) is 6.54 Å². The van der Waals surface area contributed by atoms with Gasteiger partial charge in [-0.15, -0.1) is 11.3 Å². The highest BCUT2D eigenvalue weighted by Crippen LogP contribution is 2.21. The van der Waals surface area contributed by atoms with E-state index in [0.29, 0.717) is 12.2 Å². The van der Waals surface area contributed by atoms with E-state index in [1.807, 2.05) is 18.0 Å². The minimum absolute atomic E-state index is 0.117. The van der Waals surface area contributed by atoms with Crippen LogP contribution in [0.15, 0.2) is 39.5 Å². The monoisotopic (exact) mass is 356 g/mol. The SMILES string of the molecule is CN(CC(=O)Nc1ccc(F)cc1)Cc1csc(Br)c1. The molecule has 20 heavy (non-hydrogen) atoms. The van der Waals surface area contributed by atoms with Crippen molar-refractivity contribution >= 4 is 38.9 Å². The van der Waals surface area contributed by atoms with E-state index in [0.717, 1.165) is 3.79 Å². The molecule has 1 heterocycles. The zero-order valence-corrected chi connectivity index (χ0v) is 13.3. The molecule has 0 unspecified atom stereocenters. The number of nitrogens with one attached hydrogen (secondary N) is 1. The summed E-state index contributed by atoms with van der Waals surface area (Å²) in [5, 5.41) is 4.79. The molecule has 1 aromatic carbocycles. The molecular formula is C14H14BrFN2OS. The molecule has 3 nitrogen and oxygen atoms in total. The Hall–Kier alpha value is -1.24. The maximum Gasteiger partial charge on any atom is 0.238 e. The minimum Gasteiger partial charge on any atom is -0.325 e. The number of likely N-dealkylation sites (N-methyl/N-ethyl adjacent to an activating group) is 1. The lowest BCUT2D eigenvalue weighted by Crippen LogP contribution is -2.29. The summed E-state index contributed by atoms with van der Waals surface area (Å²) in [7, 11) is 1.88. The number of rotatable bonds is 5. The van der Waals surface area contributed by atoms with Crippen LogP contribution in [0.25, 0.3) is 0 Å². The third kappa shape index (κ3) is 4.70. The van der Waals surface area contributed by atoms with Gasteiger partial charge in [0.25, 0.3) is 0 Å². The average molecular weight is 357 g/mol. The minimum atomic E-state index is -0.317. The summed E-state index contributed by atoms with van der Waals surface area (Å²) >= 11 is 5.04. The number of hydrogen-bond donors (Lipinski definition) is 1. The molecule has 0 bridgehead atoms. The van der Waals surface area contributed by atoms with Crippen molar-refractivity contribution in [3.63, 3.8) is 0 Å². The summed E-state index contributed by atoms with van der Waals surface area (Å²) in [5.74, 6) is -0.434. The third-order valence-electron chi connectivity index (χ3n) is 2.62. The molecule has 2 aromatic rings. The maximum absolute atomic E-state index is 12.8. The molecular weight excluding hydrogens is 343 g/mol. The Labute approximate surface area is 129 Å². The fourth-order valence-corrected chi connectivity index (χ4v) is 2.98. The normalized spacial score (nSPS) is 10.8. The highest BCUT2D eigenvalue weighted by Gasteiger charge is 2.08. The van der Waals surface area contributed by atoms with Crippen molar-refractivity contribution in [3.8, 4) is 0 Å². The second-order valence-electron chi connectivity index (χ2n) is 4.49. The summed E-state index contributed by atoms with van der Waals surface area (Å²) in [5.41, 5.74) is 1.77. The van der Waals surface area contributed by atoms with Gasteiger partial charge in [-0.3, -0.25) is 9.69 Å². The quantitative estimate of drug-likeness (QED) is 0.885. The van der Waals surface area contributed by atoms with Crippen molar-refractivity contribution < 1.29 is 9.18 Å². The predicted molar refractivity (Wildman–Crippen MR) is 83.4 cm³/mol. The first-order valence-corrected chi connectivity index (χ1v) is 7.67. The van der Waals surface area contributed by atoms with Crippen molar-refractivity contribution in [1.82, 2.24) is 4.90 Å². The molecule has 6 heteroatoms. The van der Waals surface area contributed by atoms with E-state index >= 15 is 0 Å². The van der Waals surface area contributed by atoms with Crippen LogP contribution in [-0.2, 0) is 11.3 Å². The maximum atomic E-state index is 12.8. The highest BCUT2D eigenvalue weighted by atomic mass is 79.9. The van der Waals surface area contributed by atoms with Gasteiger partial charge in [0.2, 0.25) is 5.91 Å². The average Bonchev–Trinajstić information content (AvgIpc) is 2.77. The van der Waals surface area contributed by atoms with Crippen LogP contribution in [0.1, 0.15) is 5.56 Å². The largest absolute Gasteiger partial charge is 0.325 e. The Morgan fingerprint density at radius 2 is 2.10 bits per heavy atom. The van der Waals surface area contributed by atoms with E-state index in [-0.39, 0.29) is 18.3 Å². The van der Waals surface area contributed by atoms with Crippen LogP contribution in [0.3, 0.4) is 0 Å². The molecule has 0 aliphatic heterocycles. The Morgan fingerprint density at radius 3 is 2.70 bits per heavy atom. The van der Waals surface area contributed by atoms with Crippen molar-refractivity contribution in [2.75, 3.05) is 18.9 Å². The number of halogens is 2. The van der Waals surface area contributed by atoms with Gasteiger partial charge in [0.05, 0.1) is 10.3 Å². The van der Waals surface area contributed by atoms with Gasteiger partial charge in [-0.1, -0.05) is 0 Å². The van der Waals surface area contributed by atoms with Crippen LogP contribution < -0.4 is 5.32 Å². The van der Waals surface area contributed by atoms with Crippen LogP contribution in [-0.4, -0.2) is 24.4 Å². The number of carbonyl (C=O) groups excluding carboxylic acids is 1. The molecule has 0 saturated carbocycles. The van der Waals surface area contributed by atoms with Gasteiger partial charge in [-0.2, -0.15) is 0 Å². The number of thiophene rings is 1. The number of nitrogens with zero attached hydrogens (tertiary/aromatic N) is 1. The zero-order valence-electron chi connectivity index (χ0n) is 10.9. The Morgan fingerprint density at radius 1 is 1.40 bits per heavy atom. The van der Waals surface area contributed by atoms with E-state index in [2.05, 4.69) is 26.6 Å². The number of hydrogen-bond acceptors (Lipinski definition) is 3. The van der Waals surface area contributed by atoms with E-state index < -0.39 is 0 Å². The van der Waals surface area contributed by atoms with Crippen LogP contribution in [0.5, 0.6) is 0 Å². The first kappa shape index (κ1) is 15.2. The molecule has 0 atom stereocenters. The zero-order chi connectivity index (χ0) is 14.5. The Kier molecular flexibility index (Phi) is 5.28. The molecule has 0 radical (unpaired) electrons. The fourth-order valence-electron chi connectivity index (χ4n) is 1.78. The van der Waals surface area contributed by atoms with Crippen LogP contribution in [0, 0.1) is 5.82 Å². The molecule has 2 rings (SSSR count). The first-order valence-electron chi connectivity index (χ1n) is 6.00. The second kappa shape index (κ2) is 6.97. The summed E-state index contributed by atoms with van der Waals surface area (Å²) in [6.07, 6.45) is 0. The van der Waals surface area contributed by atoms with E-state index in [1.54, 1.807) is 23.5 Å². The topological polar surface area (TPSA) is 32.3 Å². The summed E-state index contributed by atoms with van der Waals surface area (Å²) < 4.78 is 13.8. The van der Waals surface area contributed by atoms with Gasteiger partial charge in [-0.05, 0) is 64.3 Å². The third-order valence-corrected chi connectivity index (χ3v) is 4.17. The number of benzene rings is 1. The molecule has 106 valence electrons. The van der Waals surface area contributed by atoms with Gasteiger partial charge in [0.15, 0.2) is 0 Å². The summed E-state index contributed by atoms with van der Waals surface area (Å²) in [6, 6.07) is 7.77. The lowest BCUT2D eigenvalue weighted by molar-refractivity contribution is -0.117. The van der Waals surface area contributed by atoms with E-state index in [1.165, 1.54) is 17.7 Å². The van der Waals surface area contributed by atoms with Crippen LogP contribution in [0.4, 0.5) is 10.1 Å². The summed E-state index contributed by atoms with van der Waals surface area (Å²) in [4.78, 5) is 13.8. The molecule has 0 aliphatic carbocycles. The molecule has 0 aliphatic rings. The lowest BCUT2D eigenvalue weighted by atomic mass is 10.3. The second-order valence-corrected chi connectivity index (χ2v) is 6.78. The van der Waals surface area contributed by atoms with Gasteiger partial charge in [-0.25, -0.2) is 4.39 Å². The van der Waals surface area contributed by atoms with Gasteiger partial charge in [0, 0.05) is 12.2 Å². The van der Waals surface area contributed by atoms with Crippen molar-refractivity contribution in [3.05, 3.63) is 50.9 Å². The predicted octanol–water partition coefficient (Wildman–Crippen LogP) is 3.72. The fraction of sp³-hybridized carbons (Fsp3) is 0.214. The molecule has 1 amide bonds. The van der Waals surface area contributed by atoms with Gasteiger partial charge >= 0.3 is 0 Å². The van der Waals surface area contributed by atoms with Crippen molar-refractivity contribution in [2.24, 2.45) is 0 Å². The molecule has 0 fully saturated rings. The van der Waals surface area contributed by atoms with E-state index in [9.17, 15) is 9.18 Å². The summed E-state index contributed by atoms with van der Waals surface area (Å²) in [6.45, 7) is 0.990. The molecule has 0 spiro atoms. The Balaban J connectivity index is 1.83. The Bertz CT molecular complexity index is 585. The van der Waals surface area contributed by atoms with Crippen molar-refractivity contribution in [1.29, 1.82) is 0 Å². The van der Waals surface area contributed by atoms with E-state index in [4.69, 9.17) is 0 Å². The highest BCUT2D eigenvalue weighted by molar-refractivity contribution is 9.11. The molecule has 0 saturated heterocycles. The first-order chi connectivity index (χ1) is 9.52. The number of amides is 1. The van der Waals surface area contributed by atoms with Gasteiger partial charge < -0.3 is 5.32 Å². The smallest absolute Gasteiger partial charge is 0.238 e. The lowest BCUT2D eigenvalue weighted by Gasteiger charge is -2.15. The van der Waals surface area contributed by atoms with Crippen LogP contribution >= 0.6 is 27.3 Å². The molecule has 1 N–H and O–H groups in total. The number of anilines is 1. The number of carbonyl (C=O) groups is 1.